The van der Waals surface area contributed by atoms with Crippen LogP contribution in [0.5, 0.6) is 0 Å². The molecule has 1 saturated heterocycles. The van der Waals surface area contributed by atoms with Crippen molar-refractivity contribution in [2.75, 3.05) is 5.32 Å². The maximum Gasteiger partial charge on any atom is 0.332 e. The summed E-state index contributed by atoms with van der Waals surface area (Å²) in [5, 5.41) is 18.5. The van der Waals surface area contributed by atoms with E-state index in [2.05, 4.69) is 16.0 Å². The number of thioether (sulfide) groups is 1. The van der Waals surface area contributed by atoms with E-state index in [1.165, 1.54) is 11.8 Å². The monoisotopic (exact) mass is 483 g/mol. The average molecular weight is 484 g/mol. The molecule has 0 spiro atoms. The Bertz CT molecular complexity index is 1040. The lowest BCUT2D eigenvalue weighted by molar-refractivity contribution is -0.150. The molecule has 182 valence electrons. The summed E-state index contributed by atoms with van der Waals surface area (Å²) in [7, 11) is 0. The number of carbonyl (C=O) groups excluding carboxylic acids is 2. The number of benzene rings is 2. The van der Waals surface area contributed by atoms with Crippen LogP contribution in [0.2, 0.25) is 0 Å². The van der Waals surface area contributed by atoms with Crippen molar-refractivity contribution in [1.82, 2.24) is 10.6 Å². The summed E-state index contributed by atoms with van der Waals surface area (Å²) in [6.45, 7) is 9.18. The third-order valence-electron chi connectivity index (χ3n) is 6.23. The fourth-order valence-corrected chi connectivity index (χ4v) is 6.18. The van der Waals surface area contributed by atoms with E-state index in [0.29, 0.717) is 5.69 Å². The largest absolute Gasteiger partial charge is 0.479 e. The Hall–Kier alpha value is -2.84. The van der Waals surface area contributed by atoms with Gasteiger partial charge in [-0.3, -0.25) is 10.1 Å². The van der Waals surface area contributed by atoms with Crippen LogP contribution in [0.4, 0.5) is 10.5 Å². The molecule has 3 atom stereocenters. The van der Waals surface area contributed by atoms with E-state index >= 15 is 0 Å². The van der Waals surface area contributed by atoms with Crippen LogP contribution in [0, 0.1) is 5.41 Å². The second-order valence-electron chi connectivity index (χ2n) is 10.1. The maximum atomic E-state index is 13.3. The number of amides is 2. The van der Waals surface area contributed by atoms with Crippen molar-refractivity contribution in [3.05, 3.63) is 66.2 Å². The molecule has 1 aliphatic heterocycles. The minimum Gasteiger partial charge on any atom is -0.479 e. The predicted molar refractivity (Wildman–Crippen MR) is 136 cm³/mol. The standard InChI is InChI=1S/C26H33N3O4S/c1-24(2,3)26(22(31)32,29-23(33)27-18-14-10-7-11-15-18)21-28-20(25(4,5)34-21)19(30)16-17-12-8-6-9-13-17/h6-15,20-21,28H,16H2,1-5H3,(H,31,32)(H2,27,29,33). The van der Waals surface area contributed by atoms with E-state index < -0.39 is 39.1 Å². The van der Waals surface area contributed by atoms with Crippen molar-refractivity contribution in [3.8, 4) is 0 Å². The van der Waals surface area contributed by atoms with Gasteiger partial charge >= 0.3 is 12.0 Å². The van der Waals surface area contributed by atoms with Crippen molar-refractivity contribution in [2.24, 2.45) is 5.41 Å². The van der Waals surface area contributed by atoms with Crippen LogP contribution < -0.4 is 16.0 Å². The molecule has 34 heavy (non-hydrogen) atoms. The number of hydrogen-bond acceptors (Lipinski definition) is 5. The first-order valence-corrected chi connectivity index (χ1v) is 12.1. The van der Waals surface area contributed by atoms with Crippen LogP contribution in [0.25, 0.3) is 0 Å². The Balaban J connectivity index is 1.89. The highest BCUT2D eigenvalue weighted by atomic mass is 32.2. The van der Waals surface area contributed by atoms with Crippen LogP contribution in [0.3, 0.4) is 0 Å². The molecule has 0 aromatic heterocycles. The second kappa shape index (κ2) is 9.80. The first-order chi connectivity index (χ1) is 15.9. The highest BCUT2D eigenvalue weighted by molar-refractivity contribution is 8.01. The van der Waals surface area contributed by atoms with E-state index in [1.807, 2.05) is 50.2 Å². The molecule has 3 unspecified atom stereocenters. The zero-order valence-electron chi connectivity index (χ0n) is 20.2. The van der Waals surface area contributed by atoms with Gasteiger partial charge in [-0.1, -0.05) is 69.3 Å². The molecule has 0 aliphatic carbocycles. The Morgan fingerprint density at radius 3 is 2.09 bits per heavy atom. The minimum absolute atomic E-state index is 0.0202. The van der Waals surface area contributed by atoms with Gasteiger partial charge in [-0.15, -0.1) is 11.8 Å². The van der Waals surface area contributed by atoms with Crippen LogP contribution in [0.1, 0.15) is 40.2 Å². The summed E-state index contributed by atoms with van der Waals surface area (Å²) in [4.78, 5) is 39.1. The lowest BCUT2D eigenvalue weighted by Crippen LogP contribution is -2.71. The van der Waals surface area contributed by atoms with Gasteiger partial charge in [-0.2, -0.15) is 0 Å². The lowest BCUT2D eigenvalue weighted by Gasteiger charge is -2.45. The van der Waals surface area contributed by atoms with E-state index in [0.717, 1.165) is 5.56 Å². The molecule has 1 heterocycles. The van der Waals surface area contributed by atoms with Crippen molar-refractivity contribution < 1.29 is 19.5 Å². The van der Waals surface area contributed by atoms with E-state index in [-0.39, 0.29) is 12.2 Å². The summed E-state index contributed by atoms with van der Waals surface area (Å²) in [5.74, 6) is -1.19. The quantitative estimate of drug-likeness (QED) is 0.468. The number of carbonyl (C=O) groups is 3. The topological polar surface area (TPSA) is 108 Å². The second-order valence-corrected chi connectivity index (χ2v) is 11.9. The zero-order chi connectivity index (χ0) is 25.1. The highest BCUT2D eigenvalue weighted by Crippen LogP contribution is 2.48. The number of ketones is 1. The average Bonchev–Trinajstić information content (AvgIpc) is 3.07. The maximum absolute atomic E-state index is 13.3. The number of carboxylic acids is 1. The van der Waals surface area contributed by atoms with Gasteiger partial charge in [0.25, 0.3) is 0 Å². The summed E-state index contributed by atoms with van der Waals surface area (Å²) >= 11 is 1.37. The molecule has 4 N–H and O–H groups in total. The molecular weight excluding hydrogens is 450 g/mol. The number of carboxylic acid groups (broad SMARTS) is 1. The fraction of sp³-hybridized carbons (Fsp3) is 0.423. The number of anilines is 1. The van der Waals surface area contributed by atoms with Crippen molar-refractivity contribution in [1.29, 1.82) is 0 Å². The normalized spacial score (nSPS) is 21.3. The molecule has 2 aromatic carbocycles. The molecule has 0 saturated carbocycles. The number of hydrogen-bond donors (Lipinski definition) is 4. The SMILES string of the molecule is CC1(C)SC(C(NC(=O)Nc2ccccc2)(C(=O)O)C(C)(C)C)NC1C(=O)Cc1ccccc1. The molecular formula is C26H33N3O4S. The van der Waals surface area contributed by atoms with Gasteiger partial charge in [0.05, 0.1) is 11.4 Å². The molecule has 0 radical (unpaired) electrons. The number of nitrogens with one attached hydrogen (secondary N) is 3. The van der Waals surface area contributed by atoms with Crippen molar-refractivity contribution in [2.45, 2.75) is 62.7 Å². The molecule has 1 aliphatic rings. The number of para-hydroxylation sites is 1. The fourth-order valence-electron chi connectivity index (χ4n) is 4.35. The first kappa shape index (κ1) is 25.8. The number of aliphatic carboxylic acids is 1. The van der Waals surface area contributed by atoms with Crippen LogP contribution >= 0.6 is 11.8 Å². The zero-order valence-corrected chi connectivity index (χ0v) is 21.0. The molecule has 2 amide bonds. The smallest absolute Gasteiger partial charge is 0.332 e. The summed E-state index contributed by atoms with van der Waals surface area (Å²) in [6, 6.07) is 17.1. The Morgan fingerprint density at radius 1 is 1.00 bits per heavy atom. The lowest BCUT2D eigenvalue weighted by atomic mass is 9.72. The van der Waals surface area contributed by atoms with E-state index in [1.54, 1.807) is 45.0 Å². The molecule has 8 heteroatoms. The van der Waals surface area contributed by atoms with Gasteiger partial charge in [0.2, 0.25) is 0 Å². The van der Waals surface area contributed by atoms with E-state index in [4.69, 9.17) is 0 Å². The molecule has 0 bridgehead atoms. The van der Waals surface area contributed by atoms with E-state index in [9.17, 15) is 19.5 Å². The number of rotatable bonds is 7. The third kappa shape index (κ3) is 5.28. The molecule has 3 rings (SSSR count). The summed E-state index contributed by atoms with van der Waals surface area (Å²) in [5.41, 5.74) is -1.13. The number of Topliss-reactive ketones (excluding diaryl/α,β-unsaturated/α-hetero) is 1. The van der Waals surface area contributed by atoms with Gasteiger partial charge in [0.15, 0.2) is 11.3 Å². The Labute approximate surface area is 205 Å². The van der Waals surface area contributed by atoms with Gasteiger partial charge in [0.1, 0.15) is 0 Å². The third-order valence-corrected chi connectivity index (χ3v) is 7.80. The summed E-state index contributed by atoms with van der Waals surface area (Å²) in [6.07, 6.45) is 0.243. The van der Waals surface area contributed by atoms with Crippen molar-refractivity contribution >= 4 is 35.2 Å². The predicted octanol–water partition coefficient (Wildman–Crippen LogP) is 4.30. The van der Waals surface area contributed by atoms with Gasteiger partial charge in [-0.05, 0) is 37.0 Å². The molecule has 7 nitrogen and oxygen atoms in total. The molecule has 1 fully saturated rings. The summed E-state index contributed by atoms with van der Waals surface area (Å²) < 4.78 is -0.583. The molecule has 2 aromatic rings. The van der Waals surface area contributed by atoms with Crippen molar-refractivity contribution in [3.63, 3.8) is 0 Å². The van der Waals surface area contributed by atoms with Gasteiger partial charge in [-0.25, -0.2) is 9.59 Å². The minimum atomic E-state index is -1.70. The van der Waals surface area contributed by atoms with Gasteiger partial charge < -0.3 is 15.7 Å². The first-order valence-electron chi connectivity index (χ1n) is 11.2. The van der Waals surface area contributed by atoms with Crippen LogP contribution in [-0.4, -0.2) is 44.6 Å². The number of urea groups is 1. The van der Waals surface area contributed by atoms with Crippen LogP contribution in [-0.2, 0) is 16.0 Å². The highest BCUT2D eigenvalue weighted by Gasteiger charge is 2.61. The van der Waals surface area contributed by atoms with Gasteiger partial charge in [0, 0.05) is 16.9 Å². The Morgan fingerprint density at radius 2 is 1.56 bits per heavy atom. The Kier molecular flexibility index (Phi) is 7.43. The van der Waals surface area contributed by atoms with Crippen LogP contribution in [0.15, 0.2) is 60.7 Å².